The van der Waals surface area contributed by atoms with Crippen LogP contribution in [0, 0.1) is 0 Å². The zero-order valence-corrected chi connectivity index (χ0v) is 7.70. The molecule has 0 aromatic heterocycles. The molecular weight excluding hydrogens is 162 g/mol. The van der Waals surface area contributed by atoms with Crippen LogP contribution in [-0.4, -0.2) is 6.54 Å². The second-order valence-corrected chi connectivity index (χ2v) is 2.85. The molecule has 0 atom stereocenters. The van der Waals surface area contributed by atoms with Gasteiger partial charge in [-0.05, 0) is 12.1 Å². The highest BCUT2D eigenvalue weighted by molar-refractivity contribution is 5.13. The van der Waals surface area contributed by atoms with Gasteiger partial charge in [0.15, 0.2) is 0 Å². The molecule has 0 radical (unpaired) electrons. The van der Waals surface area contributed by atoms with Gasteiger partial charge in [0.25, 0.3) is 0 Å². The first-order chi connectivity index (χ1) is 6.33. The lowest BCUT2D eigenvalue weighted by Crippen LogP contribution is -2.02. The van der Waals surface area contributed by atoms with Crippen LogP contribution in [0.3, 0.4) is 0 Å². The van der Waals surface area contributed by atoms with E-state index in [0.29, 0.717) is 13.2 Å². The Bertz CT molecular complexity index is 256. The van der Waals surface area contributed by atoms with Crippen LogP contribution in [0.25, 0.3) is 0 Å². The average molecular weight is 177 g/mol. The van der Waals surface area contributed by atoms with Crippen molar-refractivity contribution in [1.29, 1.82) is 0 Å². The van der Waals surface area contributed by atoms with Gasteiger partial charge in [0.1, 0.15) is 6.61 Å². The molecule has 2 N–H and O–H groups in total. The Hall–Kier alpha value is -1.28. The molecule has 0 unspecified atom stereocenters. The summed E-state index contributed by atoms with van der Waals surface area (Å²) in [4.78, 5) is 0. The van der Waals surface area contributed by atoms with Gasteiger partial charge in [-0.15, -0.1) is 0 Å². The molecule has 0 bridgehead atoms. The molecule has 70 valence electrons. The first-order valence-corrected chi connectivity index (χ1v) is 4.37. The summed E-state index contributed by atoms with van der Waals surface area (Å²) in [7, 11) is 0. The second-order valence-electron chi connectivity index (χ2n) is 2.85. The summed E-state index contributed by atoms with van der Waals surface area (Å²) < 4.78 is 5.39. The van der Waals surface area contributed by atoms with E-state index in [4.69, 9.17) is 10.5 Å². The normalized spacial score (nSPS) is 9.62. The van der Waals surface area contributed by atoms with Crippen molar-refractivity contribution >= 4 is 0 Å². The van der Waals surface area contributed by atoms with Crippen molar-refractivity contribution in [3.63, 3.8) is 0 Å². The monoisotopic (exact) mass is 177 g/mol. The molecule has 0 aliphatic rings. The van der Waals surface area contributed by atoms with E-state index < -0.39 is 0 Å². The molecule has 1 aromatic carbocycles. The Morgan fingerprint density at radius 2 is 2.00 bits per heavy atom. The number of rotatable bonds is 5. The third kappa shape index (κ3) is 3.76. The summed E-state index contributed by atoms with van der Waals surface area (Å²) in [5.41, 5.74) is 6.51. The Kier molecular flexibility index (Phi) is 4.06. The van der Waals surface area contributed by atoms with Gasteiger partial charge in [-0.3, -0.25) is 0 Å². The quantitative estimate of drug-likeness (QED) is 0.699. The Balaban J connectivity index is 2.31. The topological polar surface area (TPSA) is 35.2 Å². The highest BCUT2D eigenvalue weighted by atomic mass is 16.5. The van der Waals surface area contributed by atoms with Crippen LogP contribution in [0.5, 0.6) is 0 Å². The maximum Gasteiger partial charge on any atom is 0.113 e. The van der Waals surface area contributed by atoms with Gasteiger partial charge in [0.2, 0.25) is 0 Å². The number of benzene rings is 1. The molecule has 0 saturated heterocycles. The number of hydrogen-bond donors (Lipinski definition) is 1. The lowest BCUT2D eigenvalue weighted by Gasteiger charge is -2.07. The molecule has 0 saturated carbocycles. The third-order valence-corrected chi connectivity index (χ3v) is 1.71. The molecular formula is C11H15NO. The van der Waals surface area contributed by atoms with E-state index >= 15 is 0 Å². The minimum atomic E-state index is 0.583. The smallest absolute Gasteiger partial charge is 0.113 e. The van der Waals surface area contributed by atoms with Crippen molar-refractivity contribution in [2.75, 3.05) is 6.54 Å². The van der Waals surface area contributed by atoms with Gasteiger partial charge < -0.3 is 10.5 Å². The largest absolute Gasteiger partial charge is 0.494 e. The van der Waals surface area contributed by atoms with E-state index in [9.17, 15) is 0 Å². The van der Waals surface area contributed by atoms with Gasteiger partial charge >= 0.3 is 0 Å². The minimum absolute atomic E-state index is 0.583. The number of nitrogens with two attached hydrogens (primary N) is 1. The second kappa shape index (κ2) is 5.38. The summed E-state index contributed by atoms with van der Waals surface area (Å²) >= 11 is 0. The highest BCUT2D eigenvalue weighted by Crippen LogP contribution is 2.05. The van der Waals surface area contributed by atoms with E-state index in [1.54, 1.807) is 0 Å². The van der Waals surface area contributed by atoms with Crippen LogP contribution in [0.4, 0.5) is 0 Å². The Morgan fingerprint density at radius 1 is 1.31 bits per heavy atom. The predicted molar refractivity (Wildman–Crippen MR) is 54.0 cm³/mol. The summed E-state index contributed by atoms with van der Waals surface area (Å²) in [6.45, 7) is 4.93. The molecule has 1 aromatic rings. The van der Waals surface area contributed by atoms with Crippen LogP contribution in [0.15, 0.2) is 42.7 Å². The minimum Gasteiger partial charge on any atom is -0.494 e. The van der Waals surface area contributed by atoms with Gasteiger partial charge in [-0.1, -0.05) is 36.9 Å². The molecule has 0 spiro atoms. The average Bonchev–Trinajstić information content (AvgIpc) is 2.17. The molecule has 0 fully saturated rings. The molecule has 0 aliphatic carbocycles. The van der Waals surface area contributed by atoms with E-state index in [1.165, 1.54) is 0 Å². The fourth-order valence-electron chi connectivity index (χ4n) is 0.993. The first-order valence-electron chi connectivity index (χ1n) is 4.37. The van der Waals surface area contributed by atoms with E-state index in [0.717, 1.165) is 17.7 Å². The van der Waals surface area contributed by atoms with Crippen LogP contribution in [-0.2, 0) is 11.3 Å². The van der Waals surface area contributed by atoms with Crippen LogP contribution in [0.2, 0.25) is 0 Å². The van der Waals surface area contributed by atoms with Crippen LogP contribution < -0.4 is 5.73 Å². The SMILES string of the molecule is C=C(CCN)OCc1ccccc1. The van der Waals surface area contributed by atoms with Crippen molar-refractivity contribution in [3.8, 4) is 0 Å². The maximum atomic E-state index is 5.39. The van der Waals surface area contributed by atoms with Crippen LogP contribution in [0.1, 0.15) is 12.0 Å². The van der Waals surface area contributed by atoms with Crippen LogP contribution >= 0.6 is 0 Å². The van der Waals surface area contributed by atoms with Gasteiger partial charge in [-0.25, -0.2) is 0 Å². The summed E-state index contributed by atoms with van der Waals surface area (Å²) in [6, 6.07) is 10.0. The summed E-state index contributed by atoms with van der Waals surface area (Å²) in [5.74, 6) is 0.756. The van der Waals surface area contributed by atoms with E-state index in [2.05, 4.69) is 6.58 Å². The third-order valence-electron chi connectivity index (χ3n) is 1.71. The highest BCUT2D eigenvalue weighted by Gasteiger charge is 1.94. The molecule has 1 rings (SSSR count). The standard InChI is InChI=1S/C11H15NO/c1-10(7-8-12)13-9-11-5-3-2-4-6-11/h2-6H,1,7-9,12H2. The molecule has 13 heavy (non-hydrogen) atoms. The molecule has 0 amide bonds. The molecule has 0 aliphatic heterocycles. The van der Waals surface area contributed by atoms with Crippen molar-refractivity contribution in [2.45, 2.75) is 13.0 Å². The van der Waals surface area contributed by atoms with Gasteiger partial charge in [0, 0.05) is 6.42 Å². The predicted octanol–water partition coefficient (Wildman–Crippen LogP) is 2.07. The molecule has 0 heterocycles. The zero-order chi connectivity index (χ0) is 9.52. The first kappa shape index (κ1) is 9.81. The lowest BCUT2D eigenvalue weighted by atomic mass is 10.2. The van der Waals surface area contributed by atoms with E-state index in [1.807, 2.05) is 30.3 Å². The fraction of sp³-hybridized carbons (Fsp3) is 0.273. The van der Waals surface area contributed by atoms with Crippen molar-refractivity contribution < 1.29 is 4.74 Å². The lowest BCUT2D eigenvalue weighted by molar-refractivity contribution is 0.191. The fourth-order valence-corrected chi connectivity index (χ4v) is 0.993. The number of hydrogen-bond acceptors (Lipinski definition) is 2. The van der Waals surface area contributed by atoms with Gasteiger partial charge in [0.05, 0.1) is 5.76 Å². The van der Waals surface area contributed by atoms with Crippen molar-refractivity contribution in [3.05, 3.63) is 48.2 Å². The molecule has 2 nitrogen and oxygen atoms in total. The van der Waals surface area contributed by atoms with Crippen molar-refractivity contribution in [1.82, 2.24) is 0 Å². The summed E-state index contributed by atoms with van der Waals surface area (Å²) in [5, 5.41) is 0. The maximum absolute atomic E-state index is 5.39. The molecule has 2 heteroatoms. The van der Waals surface area contributed by atoms with Gasteiger partial charge in [-0.2, -0.15) is 0 Å². The summed E-state index contributed by atoms with van der Waals surface area (Å²) in [6.07, 6.45) is 0.729. The van der Waals surface area contributed by atoms with Crippen molar-refractivity contribution in [2.24, 2.45) is 5.73 Å². The van der Waals surface area contributed by atoms with E-state index in [-0.39, 0.29) is 0 Å². The number of ether oxygens (including phenoxy) is 1. The Morgan fingerprint density at radius 3 is 2.62 bits per heavy atom. The zero-order valence-electron chi connectivity index (χ0n) is 7.70. The Labute approximate surface area is 79.0 Å².